The molecule has 1 saturated heterocycles. The van der Waals surface area contributed by atoms with Crippen molar-refractivity contribution in [1.82, 2.24) is 19.4 Å². The Morgan fingerprint density at radius 2 is 1.81 bits per heavy atom. The van der Waals surface area contributed by atoms with Crippen LogP contribution in [-0.2, 0) is 0 Å². The molecule has 1 aliphatic heterocycles. The number of nitrogens with zero attached hydrogens (tertiary/aromatic N) is 6. The Labute approximate surface area is 150 Å². The first kappa shape index (κ1) is 14.9. The van der Waals surface area contributed by atoms with Crippen LogP contribution in [0.3, 0.4) is 0 Å². The largest absolute Gasteiger partial charge is 0.472 e. The van der Waals surface area contributed by atoms with Gasteiger partial charge in [0.2, 0.25) is 0 Å². The van der Waals surface area contributed by atoms with Crippen molar-refractivity contribution in [2.45, 2.75) is 0 Å². The fourth-order valence-corrected chi connectivity index (χ4v) is 3.36. The molecule has 5 heterocycles. The van der Waals surface area contributed by atoms with Crippen LogP contribution in [0.15, 0.2) is 66.0 Å². The molecule has 0 radical (unpaired) electrons. The summed E-state index contributed by atoms with van der Waals surface area (Å²) in [5.74, 6) is 1.94. The van der Waals surface area contributed by atoms with Crippen LogP contribution in [0.25, 0.3) is 16.9 Å². The van der Waals surface area contributed by atoms with Gasteiger partial charge in [0.25, 0.3) is 0 Å². The summed E-state index contributed by atoms with van der Waals surface area (Å²) in [6.45, 7) is 3.56. The summed E-state index contributed by atoms with van der Waals surface area (Å²) >= 11 is 0. The number of imidazole rings is 1. The normalized spacial score (nSPS) is 14.9. The Bertz CT molecular complexity index is 1000. The standard InChI is InChI=1S/C19H18N6O/c1-2-5-20-17(3-1)23-8-10-24(11-9-23)19-18-21-6-7-25(18)13-16(22-19)15-4-12-26-14-15/h1-7,12-14H,8-11H2. The van der Waals surface area contributed by atoms with Gasteiger partial charge in [0.15, 0.2) is 11.5 Å². The zero-order valence-corrected chi connectivity index (χ0v) is 14.2. The third-order valence-corrected chi connectivity index (χ3v) is 4.73. The Balaban J connectivity index is 1.45. The SMILES string of the molecule is c1ccc(N2CCN(c3nc(-c4ccoc4)cn4ccnc34)CC2)nc1. The second kappa shape index (κ2) is 6.18. The highest BCUT2D eigenvalue weighted by Gasteiger charge is 2.22. The van der Waals surface area contributed by atoms with Crippen molar-refractivity contribution in [3.8, 4) is 11.3 Å². The van der Waals surface area contributed by atoms with Gasteiger partial charge >= 0.3 is 0 Å². The third kappa shape index (κ3) is 2.57. The van der Waals surface area contributed by atoms with Crippen molar-refractivity contribution in [2.24, 2.45) is 0 Å². The number of pyridine rings is 1. The van der Waals surface area contributed by atoms with E-state index in [4.69, 9.17) is 9.40 Å². The van der Waals surface area contributed by atoms with E-state index < -0.39 is 0 Å². The number of hydrogen-bond donors (Lipinski definition) is 0. The number of rotatable bonds is 3. The molecule has 0 saturated carbocycles. The van der Waals surface area contributed by atoms with E-state index in [2.05, 4.69) is 25.8 Å². The van der Waals surface area contributed by atoms with Crippen molar-refractivity contribution in [3.05, 3.63) is 61.6 Å². The lowest BCUT2D eigenvalue weighted by Gasteiger charge is -2.36. The van der Waals surface area contributed by atoms with Crippen molar-refractivity contribution in [3.63, 3.8) is 0 Å². The molecule has 0 aliphatic carbocycles. The van der Waals surface area contributed by atoms with E-state index in [1.807, 2.05) is 47.4 Å². The van der Waals surface area contributed by atoms with E-state index in [9.17, 15) is 0 Å². The van der Waals surface area contributed by atoms with Crippen LogP contribution in [-0.4, -0.2) is 45.5 Å². The minimum absolute atomic E-state index is 0.876. The van der Waals surface area contributed by atoms with Gasteiger partial charge in [-0.15, -0.1) is 0 Å². The maximum atomic E-state index is 5.22. The highest BCUT2D eigenvalue weighted by molar-refractivity contribution is 5.70. The second-order valence-electron chi connectivity index (χ2n) is 6.28. The average molecular weight is 346 g/mol. The number of hydrogen-bond acceptors (Lipinski definition) is 6. The van der Waals surface area contributed by atoms with Gasteiger partial charge in [0.1, 0.15) is 5.82 Å². The molecule has 130 valence electrons. The molecule has 0 bridgehead atoms. The summed E-state index contributed by atoms with van der Waals surface area (Å²) < 4.78 is 7.24. The first-order valence-corrected chi connectivity index (χ1v) is 8.66. The Hall–Kier alpha value is -3.35. The number of furan rings is 1. The molecule has 0 amide bonds. The van der Waals surface area contributed by atoms with Gasteiger partial charge in [0.05, 0.1) is 18.2 Å². The molecule has 7 nitrogen and oxygen atoms in total. The number of fused-ring (bicyclic) bond motifs is 1. The monoisotopic (exact) mass is 346 g/mol. The molecule has 0 aromatic carbocycles. The Morgan fingerprint density at radius 1 is 0.923 bits per heavy atom. The summed E-state index contributed by atoms with van der Waals surface area (Å²) in [6, 6.07) is 7.95. The minimum Gasteiger partial charge on any atom is -0.472 e. The smallest absolute Gasteiger partial charge is 0.180 e. The zero-order valence-electron chi connectivity index (χ0n) is 14.2. The highest BCUT2D eigenvalue weighted by Crippen LogP contribution is 2.26. The number of anilines is 2. The molecular formula is C19H18N6O. The maximum Gasteiger partial charge on any atom is 0.180 e. The van der Waals surface area contributed by atoms with E-state index in [-0.39, 0.29) is 0 Å². The van der Waals surface area contributed by atoms with Gasteiger partial charge in [-0.1, -0.05) is 6.07 Å². The first-order valence-electron chi connectivity index (χ1n) is 8.66. The van der Waals surface area contributed by atoms with Crippen molar-refractivity contribution in [1.29, 1.82) is 0 Å². The molecule has 0 atom stereocenters. The van der Waals surface area contributed by atoms with E-state index >= 15 is 0 Å². The fourth-order valence-electron chi connectivity index (χ4n) is 3.36. The maximum absolute atomic E-state index is 5.22. The molecule has 0 N–H and O–H groups in total. The van der Waals surface area contributed by atoms with Gasteiger partial charge in [0, 0.05) is 56.5 Å². The zero-order chi connectivity index (χ0) is 17.3. The molecule has 1 fully saturated rings. The molecule has 5 rings (SSSR count). The lowest BCUT2D eigenvalue weighted by Crippen LogP contribution is -2.47. The second-order valence-corrected chi connectivity index (χ2v) is 6.28. The molecule has 1 aliphatic rings. The van der Waals surface area contributed by atoms with Gasteiger partial charge in [-0.2, -0.15) is 0 Å². The molecule has 4 aromatic heterocycles. The molecular weight excluding hydrogens is 328 g/mol. The molecule has 0 unspecified atom stereocenters. The summed E-state index contributed by atoms with van der Waals surface area (Å²) in [6.07, 6.45) is 11.0. The topological polar surface area (TPSA) is 62.7 Å². The summed E-state index contributed by atoms with van der Waals surface area (Å²) in [5.41, 5.74) is 2.73. The quantitative estimate of drug-likeness (QED) is 0.568. The van der Waals surface area contributed by atoms with Gasteiger partial charge in [-0.3, -0.25) is 0 Å². The first-order chi connectivity index (χ1) is 12.9. The predicted octanol–water partition coefficient (Wildman–Crippen LogP) is 2.71. The van der Waals surface area contributed by atoms with E-state index in [1.165, 1.54) is 0 Å². The van der Waals surface area contributed by atoms with E-state index in [1.54, 1.807) is 12.5 Å². The van der Waals surface area contributed by atoms with Crippen LogP contribution in [0.2, 0.25) is 0 Å². The molecule has 26 heavy (non-hydrogen) atoms. The Kier molecular flexibility index (Phi) is 3.55. The fraction of sp³-hybridized carbons (Fsp3) is 0.211. The predicted molar refractivity (Wildman–Crippen MR) is 99.4 cm³/mol. The van der Waals surface area contributed by atoms with Gasteiger partial charge in [-0.25, -0.2) is 15.0 Å². The van der Waals surface area contributed by atoms with Crippen molar-refractivity contribution >= 4 is 17.3 Å². The van der Waals surface area contributed by atoms with E-state index in [0.717, 1.165) is 54.7 Å². The summed E-state index contributed by atoms with van der Waals surface area (Å²) in [7, 11) is 0. The van der Waals surface area contributed by atoms with Crippen LogP contribution in [0.4, 0.5) is 11.6 Å². The van der Waals surface area contributed by atoms with Gasteiger partial charge < -0.3 is 18.6 Å². The van der Waals surface area contributed by atoms with Crippen LogP contribution >= 0.6 is 0 Å². The summed E-state index contributed by atoms with van der Waals surface area (Å²) in [4.78, 5) is 18.4. The molecule has 0 spiro atoms. The Morgan fingerprint density at radius 3 is 2.58 bits per heavy atom. The number of aromatic nitrogens is 4. The average Bonchev–Trinajstić information content (AvgIpc) is 3.40. The molecule has 4 aromatic rings. The highest BCUT2D eigenvalue weighted by atomic mass is 16.3. The van der Waals surface area contributed by atoms with Crippen LogP contribution in [0.5, 0.6) is 0 Å². The third-order valence-electron chi connectivity index (χ3n) is 4.73. The van der Waals surface area contributed by atoms with Crippen LogP contribution < -0.4 is 9.80 Å². The molecule has 7 heteroatoms. The summed E-state index contributed by atoms with van der Waals surface area (Å²) in [5, 5.41) is 0. The minimum atomic E-state index is 0.876. The van der Waals surface area contributed by atoms with E-state index in [0.29, 0.717) is 0 Å². The number of piperazine rings is 1. The van der Waals surface area contributed by atoms with Crippen molar-refractivity contribution < 1.29 is 4.42 Å². The van der Waals surface area contributed by atoms with Crippen LogP contribution in [0, 0.1) is 0 Å². The van der Waals surface area contributed by atoms with Crippen LogP contribution in [0.1, 0.15) is 0 Å². The van der Waals surface area contributed by atoms with Gasteiger partial charge in [-0.05, 0) is 18.2 Å². The lowest BCUT2D eigenvalue weighted by atomic mass is 10.2. The lowest BCUT2D eigenvalue weighted by molar-refractivity contribution is 0.568. The van der Waals surface area contributed by atoms with Crippen molar-refractivity contribution in [2.75, 3.05) is 36.0 Å².